The average molecular weight is 479 g/mol. The molecule has 0 aliphatic carbocycles. The van der Waals surface area contributed by atoms with Gasteiger partial charge in [0.2, 0.25) is 0 Å². The van der Waals surface area contributed by atoms with Crippen molar-refractivity contribution >= 4 is 22.4 Å². The first kappa shape index (κ1) is 24.3. The first-order valence-electron chi connectivity index (χ1n) is 9.76. The predicted molar refractivity (Wildman–Crippen MR) is 108 cm³/mol. The summed E-state index contributed by atoms with van der Waals surface area (Å²) in [7, 11) is 1.26. The Kier molecular flexibility index (Phi) is 8.01. The van der Waals surface area contributed by atoms with Gasteiger partial charge >= 0.3 is 18.8 Å². The molecule has 1 aromatic carbocycles. The second-order valence-corrected chi connectivity index (χ2v) is 8.19. The van der Waals surface area contributed by atoms with Crippen molar-refractivity contribution in [2.75, 3.05) is 44.8 Å². The van der Waals surface area contributed by atoms with Gasteiger partial charge in [0.25, 0.3) is 0 Å². The summed E-state index contributed by atoms with van der Waals surface area (Å²) in [4.78, 5) is 20.1. The molecule has 0 unspecified atom stereocenters. The fourth-order valence-electron chi connectivity index (χ4n) is 3.44. The van der Waals surface area contributed by atoms with Crippen molar-refractivity contribution in [3.8, 4) is 0 Å². The lowest BCUT2D eigenvalue weighted by Gasteiger charge is -2.41. The van der Waals surface area contributed by atoms with Gasteiger partial charge in [-0.1, -0.05) is 23.5 Å². The molecule has 0 saturated carbocycles. The van der Waals surface area contributed by atoms with E-state index in [-0.39, 0.29) is 6.61 Å². The van der Waals surface area contributed by atoms with E-state index in [0.717, 1.165) is 29.0 Å². The summed E-state index contributed by atoms with van der Waals surface area (Å²) in [5, 5.41) is 0.510. The molecule has 0 radical (unpaired) electrons. The van der Waals surface area contributed by atoms with E-state index in [9.17, 15) is 26.7 Å². The lowest BCUT2D eigenvalue weighted by Crippen LogP contribution is -2.55. The molecule has 0 spiro atoms. The molecule has 0 N–H and O–H groups in total. The summed E-state index contributed by atoms with van der Waals surface area (Å²) in [6, 6.07) is 4.56. The van der Waals surface area contributed by atoms with Crippen LogP contribution < -0.4 is 4.90 Å². The quantitative estimate of drug-likeness (QED) is 0.423. The molecule has 3 rings (SSSR count). The van der Waals surface area contributed by atoms with Gasteiger partial charge in [-0.25, -0.2) is 9.78 Å². The van der Waals surface area contributed by atoms with E-state index in [0.29, 0.717) is 42.6 Å². The number of piperazine rings is 1. The van der Waals surface area contributed by atoms with Crippen LogP contribution in [0.15, 0.2) is 30.5 Å². The highest BCUT2D eigenvalue weighted by Crippen LogP contribution is 2.30. The Hall–Kier alpha value is -2.31. The first-order valence-corrected chi connectivity index (χ1v) is 10.6. The highest BCUT2D eigenvalue weighted by Gasteiger charge is 2.31. The summed E-state index contributed by atoms with van der Waals surface area (Å²) in [5.41, 5.74) is 0.0531. The number of alkyl halides is 5. The number of halogens is 5. The maximum Gasteiger partial charge on any atom is 0.416 e. The van der Waals surface area contributed by atoms with E-state index in [2.05, 4.69) is 14.5 Å². The van der Waals surface area contributed by atoms with Crippen molar-refractivity contribution in [2.45, 2.75) is 25.3 Å². The largest absolute Gasteiger partial charge is 0.465 e. The van der Waals surface area contributed by atoms with Crippen LogP contribution >= 0.6 is 11.3 Å². The zero-order chi connectivity index (χ0) is 23.3. The number of hydrogen-bond donors (Lipinski definition) is 0. The maximum atomic E-state index is 12.7. The molecule has 1 saturated heterocycles. The van der Waals surface area contributed by atoms with Crippen molar-refractivity contribution in [3.05, 3.63) is 46.5 Å². The van der Waals surface area contributed by atoms with Crippen LogP contribution in [0.1, 0.15) is 20.8 Å². The van der Waals surface area contributed by atoms with E-state index in [1.807, 2.05) is 9.80 Å². The second kappa shape index (κ2) is 10.5. The fraction of sp³-hybridized carbons (Fsp3) is 0.500. The molecular formula is C20H22F5N3O3S. The van der Waals surface area contributed by atoms with E-state index in [1.165, 1.54) is 25.4 Å². The number of rotatable bonds is 8. The number of hydrogen-bond acceptors (Lipinski definition) is 7. The molecule has 32 heavy (non-hydrogen) atoms. The van der Waals surface area contributed by atoms with Crippen LogP contribution in [-0.2, 0) is 22.1 Å². The van der Waals surface area contributed by atoms with Crippen molar-refractivity contribution in [3.63, 3.8) is 0 Å². The van der Waals surface area contributed by atoms with Crippen molar-refractivity contribution in [1.29, 1.82) is 0 Å². The number of anilines is 1. The first-order chi connectivity index (χ1) is 15.2. The molecule has 1 fully saturated rings. The zero-order valence-electron chi connectivity index (χ0n) is 17.1. The van der Waals surface area contributed by atoms with Crippen LogP contribution in [0, 0.1) is 0 Å². The van der Waals surface area contributed by atoms with Crippen LogP contribution in [-0.4, -0.2) is 68.4 Å². The smallest absolute Gasteiger partial charge is 0.416 e. The molecule has 1 aliphatic rings. The van der Waals surface area contributed by atoms with Gasteiger partial charge in [0.05, 0.1) is 31.5 Å². The summed E-state index contributed by atoms with van der Waals surface area (Å²) in [5.74, 6) is -0.524. The minimum absolute atomic E-state index is 0.235. The van der Waals surface area contributed by atoms with Crippen LogP contribution in [0.2, 0.25) is 0 Å². The molecular weight excluding hydrogens is 457 g/mol. The van der Waals surface area contributed by atoms with Crippen molar-refractivity contribution in [1.82, 2.24) is 9.88 Å². The number of aromatic nitrogens is 1. The Morgan fingerprint density at radius 3 is 2.59 bits per heavy atom. The molecule has 176 valence electrons. The number of esters is 1. The van der Waals surface area contributed by atoms with E-state index in [4.69, 9.17) is 0 Å². The molecule has 0 amide bonds. The molecule has 2 heterocycles. The molecule has 12 heteroatoms. The van der Waals surface area contributed by atoms with Gasteiger partial charge in [0.15, 0.2) is 5.13 Å². The summed E-state index contributed by atoms with van der Waals surface area (Å²) in [6.45, 7) is -1.13. The van der Waals surface area contributed by atoms with Gasteiger partial charge in [0.1, 0.15) is 4.88 Å². The van der Waals surface area contributed by atoms with E-state index in [1.54, 1.807) is 0 Å². The summed E-state index contributed by atoms with van der Waals surface area (Å²) < 4.78 is 72.6. The third-order valence-corrected chi connectivity index (χ3v) is 6.12. The molecule has 1 aromatic heterocycles. The Bertz CT molecular complexity index is 891. The number of ether oxygens (including phenoxy) is 2. The number of carbonyl (C=O) groups is 1. The molecule has 2 aromatic rings. The van der Waals surface area contributed by atoms with Gasteiger partial charge < -0.3 is 14.4 Å². The molecule has 1 atom stereocenters. The molecule has 6 nitrogen and oxygen atoms in total. The number of nitrogens with zero attached hydrogens (tertiary/aromatic N) is 3. The van der Waals surface area contributed by atoms with Crippen LogP contribution in [0.25, 0.3) is 0 Å². The van der Waals surface area contributed by atoms with Gasteiger partial charge in [-0.3, -0.25) is 4.90 Å². The lowest BCUT2D eigenvalue weighted by molar-refractivity contribution is -0.137. The zero-order valence-corrected chi connectivity index (χ0v) is 18.0. The Morgan fingerprint density at radius 1 is 1.25 bits per heavy atom. The third kappa shape index (κ3) is 6.36. The van der Waals surface area contributed by atoms with Gasteiger partial charge in [-0.2, -0.15) is 22.0 Å². The molecule has 1 aliphatic heterocycles. The third-order valence-electron chi connectivity index (χ3n) is 5.11. The Balaban J connectivity index is 1.63. The van der Waals surface area contributed by atoms with Gasteiger partial charge in [-0.05, 0) is 24.1 Å². The lowest BCUT2D eigenvalue weighted by atomic mass is 10.1. The number of benzene rings is 1. The SMILES string of the molecule is COC(=O)c1cnc(N2CCN(CCc3ccc(C(F)(F)F)cc3)C[C@H]2COC(F)F)s1. The van der Waals surface area contributed by atoms with E-state index >= 15 is 0 Å². The van der Waals surface area contributed by atoms with E-state index < -0.39 is 30.4 Å². The fourth-order valence-corrected chi connectivity index (χ4v) is 4.37. The summed E-state index contributed by atoms with van der Waals surface area (Å²) in [6.07, 6.45) is -2.48. The highest BCUT2D eigenvalue weighted by molar-refractivity contribution is 7.17. The highest BCUT2D eigenvalue weighted by atomic mass is 32.1. The number of thiazole rings is 1. The minimum atomic E-state index is -4.38. The van der Waals surface area contributed by atoms with Gasteiger partial charge in [0, 0.05) is 26.2 Å². The second-order valence-electron chi connectivity index (χ2n) is 7.19. The van der Waals surface area contributed by atoms with Crippen LogP contribution in [0.4, 0.5) is 27.1 Å². The van der Waals surface area contributed by atoms with Crippen molar-refractivity contribution < 1.29 is 36.2 Å². The van der Waals surface area contributed by atoms with Gasteiger partial charge in [-0.15, -0.1) is 0 Å². The topological polar surface area (TPSA) is 54.9 Å². The summed E-state index contributed by atoms with van der Waals surface area (Å²) >= 11 is 1.11. The minimum Gasteiger partial charge on any atom is -0.465 e. The average Bonchev–Trinajstić information content (AvgIpc) is 3.25. The number of methoxy groups -OCH3 is 1. The normalized spacial score (nSPS) is 17.7. The van der Waals surface area contributed by atoms with Crippen LogP contribution in [0.3, 0.4) is 0 Å². The molecule has 0 bridgehead atoms. The standard InChI is InChI=1S/C20H22F5N3O3S/c1-30-17(29)16-10-26-19(32-16)28-9-8-27(11-15(28)12-31-18(21)22)7-6-13-2-4-14(5-3-13)20(23,24)25/h2-5,10,15,18H,6-9,11-12H2,1H3/t15-/m0/s1. The predicted octanol–water partition coefficient (Wildman–Crippen LogP) is 3.92. The monoisotopic (exact) mass is 479 g/mol. The van der Waals surface area contributed by atoms with Crippen molar-refractivity contribution in [2.24, 2.45) is 0 Å². The Morgan fingerprint density at radius 2 is 1.97 bits per heavy atom. The number of carbonyl (C=O) groups excluding carboxylic acids is 1. The maximum absolute atomic E-state index is 12.7. The van der Waals surface area contributed by atoms with Crippen LogP contribution in [0.5, 0.6) is 0 Å². The Labute approximate surface area is 185 Å².